The largest absolute Gasteiger partial charge is 0.478 e. The van der Waals surface area contributed by atoms with Gasteiger partial charge in [-0.25, -0.2) is 9.59 Å². The van der Waals surface area contributed by atoms with Crippen LogP contribution >= 0.6 is 0 Å². The van der Waals surface area contributed by atoms with Crippen LogP contribution in [0.5, 0.6) is 0 Å². The zero-order valence-corrected chi connectivity index (χ0v) is 24.5. The molecule has 0 aliphatic carbocycles. The van der Waals surface area contributed by atoms with E-state index in [4.69, 9.17) is 0 Å². The maximum Gasteiger partial charge on any atom is 0.335 e. The number of pyridine rings is 1. The predicted octanol–water partition coefficient (Wildman–Crippen LogP) is 3.92. The first kappa shape index (κ1) is 29.3. The number of rotatable bonds is 8. The van der Waals surface area contributed by atoms with Crippen molar-refractivity contribution in [2.24, 2.45) is 5.10 Å². The number of aromatic carboxylic acids is 2. The van der Waals surface area contributed by atoms with Gasteiger partial charge in [-0.3, -0.25) is 14.2 Å². The molecule has 226 valence electrons. The van der Waals surface area contributed by atoms with Gasteiger partial charge in [0.15, 0.2) is 5.49 Å². The standard InChI is InChI=1S/C35H30N4O6/c1-22-29(7-3-2-6-23-8-14-26(15-9-23)37-20-4-5-21-37)32(40)38(27-16-10-24(11-17-27)34(42)43)31-30(22)33(41)39(36-31)28-18-12-25(13-19-28)35(44)45/h2-3,7-19H,4-6,20-21H2,1H3,(H,42,43)(H,44,45)/b3-2+,29-7+. The molecular formula is C35H30N4O6. The third kappa shape index (κ3) is 5.65. The molecule has 3 aromatic carbocycles. The highest BCUT2D eigenvalue weighted by Crippen LogP contribution is 2.22. The molecular weight excluding hydrogens is 572 g/mol. The van der Waals surface area contributed by atoms with Crippen molar-refractivity contribution in [2.45, 2.75) is 26.2 Å². The van der Waals surface area contributed by atoms with Crippen LogP contribution in [0.4, 0.5) is 11.4 Å². The summed E-state index contributed by atoms with van der Waals surface area (Å²) in [5.74, 6) is -2.68. The van der Waals surface area contributed by atoms with E-state index in [2.05, 4.69) is 34.3 Å². The van der Waals surface area contributed by atoms with E-state index in [1.807, 2.05) is 6.08 Å². The third-order valence-electron chi connectivity index (χ3n) is 8.14. The van der Waals surface area contributed by atoms with Gasteiger partial charge < -0.3 is 15.1 Å². The number of fused-ring (bicyclic) bond motifs is 1. The monoisotopic (exact) mass is 602 g/mol. The van der Waals surface area contributed by atoms with Crippen molar-refractivity contribution >= 4 is 35.3 Å². The number of carbonyl (C=O) groups is 3. The van der Waals surface area contributed by atoms with Gasteiger partial charge in [-0.15, -0.1) is 5.10 Å². The lowest BCUT2D eigenvalue weighted by molar-refractivity contribution is 0.0686. The van der Waals surface area contributed by atoms with Crippen LogP contribution in [0, 0.1) is 6.92 Å². The summed E-state index contributed by atoms with van der Waals surface area (Å²) in [5.41, 5.74) is 3.48. The van der Waals surface area contributed by atoms with Crippen molar-refractivity contribution < 1.29 is 24.6 Å². The minimum Gasteiger partial charge on any atom is -0.478 e. The average Bonchev–Trinajstić information content (AvgIpc) is 3.70. The molecule has 0 bridgehead atoms. The molecule has 4 aromatic rings. The second kappa shape index (κ2) is 12.1. The Morgan fingerprint density at radius 1 is 0.800 bits per heavy atom. The first-order chi connectivity index (χ1) is 21.7. The van der Waals surface area contributed by atoms with E-state index in [0.717, 1.165) is 23.7 Å². The number of anilines is 2. The molecule has 10 nitrogen and oxygen atoms in total. The lowest BCUT2D eigenvalue weighted by Gasteiger charge is -2.17. The summed E-state index contributed by atoms with van der Waals surface area (Å²) in [6, 6.07) is 19.9. The molecule has 1 aromatic heterocycles. The van der Waals surface area contributed by atoms with Crippen molar-refractivity contribution in [3.8, 4) is 5.69 Å². The van der Waals surface area contributed by atoms with Crippen LogP contribution in [-0.4, -0.2) is 45.7 Å². The first-order valence-electron chi connectivity index (χ1n) is 14.6. The van der Waals surface area contributed by atoms with E-state index in [1.165, 1.54) is 71.6 Å². The molecule has 2 N–H and O–H groups in total. The molecule has 45 heavy (non-hydrogen) atoms. The quantitative estimate of drug-likeness (QED) is 0.313. The van der Waals surface area contributed by atoms with Crippen LogP contribution in [0.2, 0.25) is 0 Å². The molecule has 0 atom stereocenters. The fourth-order valence-corrected chi connectivity index (χ4v) is 5.68. The van der Waals surface area contributed by atoms with Gasteiger partial charge in [0, 0.05) is 24.0 Å². The molecule has 2 aliphatic rings. The first-order valence-corrected chi connectivity index (χ1v) is 14.6. The minimum absolute atomic E-state index is 0.0481. The molecule has 1 amide bonds. The molecule has 1 fully saturated rings. The van der Waals surface area contributed by atoms with Gasteiger partial charge in [0.2, 0.25) is 0 Å². The highest BCUT2D eigenvalue weighted by atomic mass is 16.4. The number of aromatic nitrogens is 1. The van der Waals surface area contributed by atoms with E-state index in [0.29, 0.717) is 28.6 Å². The number of hydrogen-bond acceptors (Lipinski definition) is 6. The van der Waals surface area contributed by atoms with E-state index in [9.17, 15) is 29.4 Å². The fraction of sp³-hybridized carbons (Fsp3) is 0.171. The van der Waals surface area contributed by atoms with E-state index >= 15 is 0 Å². The zero-order chi connectivity index (χ0) is 31.7. The van der Waals surface area contributed by atoms with Crippen LogP contribution in [0.1, 0.15) is 55.0 Å². The van der Waals surface area contributed by atoms with Gasteiger partial charge in [0.05, 0.1) is 28.1 Å². The summed E-state index contributed by atoms with van der Waals surface area (Å²) in [6.45, 7) is 3.86. The zero-order valence-electron chi connectivity index (χ0n) is 24.5. The van der Waals surface area contributed by atoms with Crippen LogP contribution in [0.25, 0.3) is 11.8 Å². The number of allylic oxidation sites excluding steroid dienone is 2. The van der Waals surface area contributed by atoms with Crippen LogP contribution in [0.3, 0.4) is 0 Å². The predicted molar refractivity (Wildman–Crippen MR) is 170 cm³/mol. The van der Waals surface area contributed by atoms with Crippen molar-refractivity contribution in [2.75, 3.05) is 23.0 Å². The number of benzene rings is 3. The summed E-state index contributed by atoms with van der Waals surface area (Å²) in [7, 11) is 0. The third-order valence-corrected chi connectivity index (χ3v) is 8.14. The number of carbonyl (C=O) groups excluding carboxylic acids is 1. The fourth-order valence-electron chi connectivity index (χ4n) is 5.68. The molecule has 2 aliphatic heterocycles. The smallest absolute Gasteiger partial charge is 0.335 e. The lowest BCUT2D eigenvalue weighted by atomic mass is 10.1. The molecule has 0 unspecified atom stereocenters. The Bertz CT molecular complexity index is 2020. The lowest BCUT2D eigenvalue weighted by Crippen LogP contribution is -2.45. The van der Waals surface area contributed by atoms with Gasteiger partial charge in [-0.05, 0) is 104 Å². The maximum atomic E-state index is 14.0. The number of carboxylic acids is 2. The van der Waals surface area contributed by atoms with Crippen molar-refractivity contribution in [3.63, 3.8) is 0 Å². The average molecular weight is 603 g/mol. The van der Waals surface area contributed by atoms with Gasteiger partial charge in [-0.1, -0.05) is 24.3 Å². The van der Waals surface area contributed by atoms with Crippen molar-refractivity contribution in [3.05, 3.63) is 134 Å². The van der Waals surface area contributed by atoms with Gasteiger partial charge in [0.25, 0.3) is 11.5 Å². The van der Waals surface area contributed by atoms with E-state index in [-0.39, 0.29) is 22.2 Å². The summed E-state index contributed by atoms with van der Waals surface area (Å²) in [6.07, 6.45) is 8.51. The molecule has 3 heterocycles. The molecule has 1 saturated heterocycles. The van der Waals surface area contributed by atoms with Crippen molar-refractivity contribution in [1.82, 2.24) is 4.57 Å². The van der Waals surface area contributed by atoms with Crippen LogP contribution in [-0.2, 0) is 6.42 Å². The maximum absolute atomic E-state index is 14.0. The number of hydrogen-bond donors (Lipinski definition) is 2. The normalized spacial score (nSPS) is 14.7. The van der Waals surface area contributed by atoms with E-state index < -0.39 is 23.4 Å². The minimum atomic E-state index is -1.11. The molecule has 6 rings (SSSR count). The van der Waals surface area contributed by atoms with Gasteiger partial charge in [0.1, 0.15) is 0 Å². The Labute approximate surface area is 258 Å². The Morgan fingerprint density at radius 2 is 1.36 bits per heavy atom. The number of carboxylic acid groups (broad SMARTS) is 2. The Balaban J connectivity index is 1.39. The topological polar surface area (TPSA) is 133 Å². The Kier molecular flexibility index (Phi) is 7.87. The Morgan fingerprint density at radius 3 is 1.93 bits per heavy atom. The number of amides is 1. The summed E-state index contributed by atoms with van der Waals surface area (Å²) < 4.78 is 1.30. The Hall–Kier alpha value is -5.77. The second-order valence-electron chi connectivity index (χ2n) is 11.0. The summed E-state index contributed by atoms with van der Waals surface area (Å²) >= 11 is 0. The number of nitrogens with zero attached hydrogens (tertiary/aromatic N) is 4. The molecule has 0 radical (unpaired) electrons. The second-order valence-corrected chi connectivity index (χ2v) is 11.0. The van der Waals surface area contributed by atoms with Crippen LogP contribution in [0.15, 0.2) is 94.8 Å². The summed E-state index contributed by atoms with van der Waals surface area (Å²) in [4.78, 5) is 52.9. The molecule has 0 saturated carbocycles. The molecule has 0 spiro atoms. The van der Waals surface area contributed by atoms with Gasteiger partial charge >= 0.3 is 11.9 Å². The van der Waals surface area contributed by atoms with Crippen LogP contribution < -0.4 is 26.2 Å². The highest BCUT2D eigenvalue weighted by Gasteiger charge is 2.31. The van der Waals surface area contributed by atoms with E-state index in [1.54, 1.807) is 19.1 Å². The van der Waals surface area contributed by atoms with Crippen molar-refractivity contribution in [1.29, 1.82) is 0 Å². The SMILES string of the molecule is Cc1c2c(n(-c3ccc(C(=O)O)cc3)c(=O)/c1=C/C=C/Cc1ccc(N3CCCC3)cc1)=NN(c1ccc(C(=O)O)cc1)C2=O. The summed E-state index contributed by atoms with van der Waals surface area (Å²) in [5, 5.41) is 24.5. The molecule has 10 heteroatoms. The van der Waals surface area contributed by atoms with Gasteiger partial charge in [-0.2, -0.15) is 5.01 Å². The highest BCUT2D eigenvalue weighted by molar-refractivity contribution is 6.08.